The summed E-state index contributed by atoms with van der Waals surface area (Å²) in [5.74, 6) is 1.19. The van der Waals surface area contributed by atoms with Crippen LogP contribution in [0.3, 0.4) is 0 Å². The van der Waals surface area contributed by atoms with Crippen molar-refractivity contribution in [3.63, 3.8) is 0 Å². The van der Waals surface area contributed by atoms with E-state index in [9.17, 15) is 0 Å². The lowest BCUT2D eigenvalue weighted by Crippen LogP contribution is -2.21. The molecule has 0 radical (unpaired) electrons. The van der Waals surface area contributed by atoms with Crippen LogP contribution in [0.2, 0.25) is 0 Å². The second-order valence-corrected chi connectivity index (χ2v) is 4.81. The van der Waals surface area contributed by atoms with Crippen LogP contribution in [0.5, 0.6) is 0 Å². The molecular weight excluding hydrogens is 282 g/mol. The van der Waals surface area contributed by atoms with Crippen LogP contribution in [0.1, 0.15) is 19.2 Å². The Balaban J connectivity index is 2.18. The Morgan fingerprint density at radius 1 is 1.47 bits per heavy atom. The normalized spacial score (nSPS) is 12.6. The van der Waals surface area contributed by atoms with Gasteiger partial charge in [0.15, 0.2) is 0 Å². The molecule has 1 heterocycles. The Kier molecular flexibility index (Phi) is 3.91. The number of aromatic nitrogens is 2. The van der Waals surface area contributed by atoms with Gasteiger partial charge in [0.2, 0.25) is 11.7 Å². The molecule has 2 rings (SSSR count). The molecule has 0 amide bonds. The molecular formula is C12H14BrN3O. The molecule has 0 aliphatic heterocycles. The van der Waals surface area contributed by atoms with Crippen molar-refractivity contribution in [3.8, 4) is 11.4 Å². The SMILES string of the molecule is CCC(N)Cc1nc(-c2cccc(Br)c2)no1. The zero-order valence-corrected chi connectivity index (χ0v) is 11.1. The van der Waals surface area contributed by atoms with Gasteiger partial charge in [-0.2, -0.15) is 4.98 Å². The van der Waals surface area contributed by atoms with Crippen LogP contribution in [0, 0.1) is 0 Å². The van der Waals surface area contributed by atoms with Crippen molar-refractivity contribution in [3.05, 3.63) is 34.6 Å². The molecule has 5 heteroatoms. The molecule has 0 saturated carbocycles. The third kappa shape index (κ3) is 3.14. The first-order valence-corrected chi connectivity index (χ1v) is 6.32. The summed E-state index contributed by atoms with van der Waals surface area (Å²) in [6.07, 6.45) is 1.52. The summed E-state index contributed by atoms with van der Waals surface area (Å²) in [5.41, 5.74) is 6.77. The van der Waals surface area contributed by atoms with Crippen LogP contribution in [-0.2, 0) is 6.42 Å². The highest BCUT2D eigenvalue weighted by Gasteiger charge is 2.11. The van der Waals surface area contributed by atoms with Crippen molar-refractivity contribution in [1.82, 2.24) is 10.1 Å². The van der Waals surface area contributed by atoms with Crippen LogP contribution in [0.25, 0.3) is 11.4 Å². The van der Waals surface area contributed by atoms with Gasteiger partial charge in [-0.15, -0.1) is 0 Å². The van der Waals surface area contributed by atoms with Crippen molar-refractivity contribution in [2.24, 2.45) is 5.73 Å². The summed E-state index contributed by atoms with van der Waals surface area (Å²) in [5, 5.41) is 3.95. The predicted octanol–water partition coefficient (Wildman–Crippen LogP) is 2.78. The summed E-state index contributed by atoms with van der Waals surface area (Å²) in [7, 11) is 0. The molecule has 90 valence electrons. The minimum Gasteiger partial charge on any atom is -0.339 e. The van der Waals surface area contributed by atoms with E-state index >= 15 is 0 Å². The molecule has 17 heavy (non-hydrogen) atoms. The highest BCUT2D eigenvalue weighted by atomic mass is 79.9. The molecule has 1 atom stereocenters. The summed E-state index contributed by atoms with van der Waals surface area (Å²) < 4.78 is 6.17. The predicted molar refractivity (Wildman–Crippen MR) is 69.4 cm³/mol. The molecule has 0 fully saturated rings. The first kappa shape index (κ1) is 12.3. The van der Waals surface area contributed by atoms with E-state index in [1.54, 1.807) is 0 Å². The lowest BCUT2D eigenvalue weighted by atomic mass is 10.2. The molecule has 0 aliphatic rings. The Labute approximate surface area is 108 Å². The Morgan fingerprint density at radius 3 is 3.00 bits per heavy atom. The molecule has 0 bridgehead atoms. The van der Waals surface area contributed by atoms with Crippen LogP contribution in [0.15, 0.2) is 33.3 Å². The Bertz CT molecular complexity index is 498. The number of rotatable bonds is 4. The first-order valence-electron chi connectivity index (χ1n) is 5.53. The lowest BCUT2D eigenvalue weighted by molar-refractivity contribution is 0.368. The lowest BCUT2D eigenvalue weighted by Gasteiger charge is -2.02. The summed E-state index contributed by atoms with van der Waals surface area (Å²) in [4.78, 5) is 4.33. The standard InChI is InChI=1S/C12H14BrN3O/c1-2-10(14)7-11-15-12(16-17-11)8-4-3-5-9(13)6-8/h3-6,10H,2,7,14H2,1H3. The van der Waals surface area contributed by atoms with Gasteiger partial charge in [-0.1, -0.05) is 40.1 Å². The van der Waals surface area contributed by atoms with E-state index < -0.39 is 0 Å². The largest absolute Gasteiger partial charge is 0.339 e. The van der Waals surface area contributed by atoms with Gasteiger partial charge in [-0.25, -0.2) is 0 Å². The van der Waals surface area contributed by atoms with Crippen LogP contribution >= 0.6 is 15.9 Å². The molecule has 0 spiro atoms. The number of halogens is 1. The van der Waals surface area contributed by atoms with E-state index in [4.69, 9.17) is 10.3 Å². The average Bonchev–Trinajstić information content (AvgIpc) is 2.77. The van der Waals surface area contributed by atoms with Gasteiger partial charge in [0, 0.05) is 22.5 Å². The zero-order chi connectivity index (χ0) is 12.3. The second kappa shape index (κ2) is 5.42. The summed E-state index contributed by atoms with van der Waals surface area (Å²) >= 11 is 3.41. The smallest absolute Gasteiger partial charge is 0.228 e. The van der Waals surface area contributed by atoms with Crippen molar-refractivity contribution < 1.29 is 4.52 Å². The fourth-order valence-corrected chi connectivity index (χ4v) is 1.85. The molecule has 0 saturated heterocycles. The Morgan fingerprint density at radius 2 is 2.29 bits per heavy atom. The molecule has 1 aromatic carbocycles. The fraction of sp³-hybridized carbons (Fsp3) is 0.333. The zero-order valence-electron chi connectivity index (χ0n) is 9.56. The Hall–Kier alpha value is -1.20. The van der Waals surface area contributed by atoms with Crippen LogP contribution < -0.4 is 5.73 Å². The minimum atomic E-state index is 0.0748. The maximum Gasteiger partial charge on any atom is 0.228 e. The highest BCUT2D eigenvalue weighted by Crippen LogP contribution is 2.20. The van der Waals surface area contributed by atoms with Crippen molar-refractivity contribution in [2.75, 3.05) is 0 Å². The van der Waals surface area contributed by atoms with E-state index in [2.05, 4.69) is 26.1 Å². The van der Waals surface area contributed by atoms with Crippen molar-refractivity contribution >= 4 is 15.9 Å². The monoisotopic (exact) mass is 295 g/mol. The molecule has 2 N–H and O–H groups in total. The van der Waals surface area contributed by atoms with Gasteiger partial charge >= 0.3 is 0 Å². The summed E-state index contributed by atoms with van der Waals surface area (Å²) in [6.45, 7) is 2.04. The number of benzene rings is 1. The summed E-state index contributed by atoms with van der Waals surface area (Å²) in [6, 6.07) is 7.86. The van der Waals surface area contributed by atoms with Crippen LogP contribution in [0.4, 0.5) is 0 Å². The van der Waals surface area contributed by atoms with Crippen LogP contribution in [-0.4, -0.2) is 16.2 Å². The maximum absolute atomic E-state index is 5.84. The van der Waals surface area contributed by atoms with Gasteiger partial charge in [-0.05, 0) is 18.6 Å². The van der Waals surface area contributed by atoms with Crippen molar-refractivity contribution in [2.45, 2.75) is 25.8 Å². The third-order valence-corrected chi connectivity index (χ3v) is 3.01. The first-order chi connectivity index (χ1) is 8.19. The quantitative estimate of drug-likeness (QED) is 0.942. The van der Waals surface area contributed by atoms with Crippen molar-refractivity contribution in [1.29, 1.82) is 0 Å². The van der Waals surface area contributed by atoms with E-state index in [0.29, 0.717) is 18.1 Å². The number of hydrogen-bond donors (Lipinski definition) is 1. The van der Waals surface area contributed by atoms with Gasteiger partial charge in [0.25, 0.3) is 0 Å². The molecule has 2 aromatic rings. The van der Waals surface area contributed by atoms with E-state index in [1.165, 1.54) is 0 Å². The highest BCUT2D eigenvalue weighted by molar-refractivity contribution is 9.10. The van der Waals surface area contributed by atoms with Gasteiger partial charge in [-0.3, -0.25) is 0 Å². The van der Waals surface area contributed by atoms with E-state index in [0.717, 1.165) is 16.5 Å². The molecule has 0 aliphatic carbocycles. The topological polar surface area (TPSA) is 64.9 Å². The van der Waals surface area contributed by atoms with Gasteiger partial charge < -0.3 is 10.3 Å². The number of hydrogen-bond acceptors (Lipinski definition) is 4. The van der Waals surface area contributed by atoms with E-state index in [1.807, 2.05) is 31.2 Å². The maximum atomic E-state index is 5.84. The number of nitrogens with two attached hydrogens (primary N) is 1. The minimum absolute atomic E-state index is 0.0748. The molecule has 4 nitrogen and oxygen atoms in total. The van der Waals surface area contributed by atoms with Gasteiger partial charge in [0.1, 0.15) is 0 Å². The third-order valence-electron chi connectivity index (χ3n) is 2.51. The fourth-order valence-electron chi connectivity index (χ4n) is 1.45. The van der Waals surface area contributed by atoms with Gasteiger partial charge in [0.05, 0.1) is 0 Å². The molecule has 1 aromatic heterocycles. The van der Waals surface area contributed by atoms with E-state index in [-0.39, 0.29) is 6.04 Å². The second-order valence-electron chi connectivity index (χ2n) is 3.89. The number of nitrogens with zero attached hydrogens (tertiary/aromatic N) is 2. The average molecular weight is 296 g/mol. The molecule has 1 unspecified atom stereocenters.